The number of ether oxygens (including phenoxy) is 1. The van der Waals surface area contributed by atoms with E-state index in [4.69, 9.17) is 16.3 Å². The minimum Gasteiger partial charge on any atom is -0.497 e. The molecule has 1 N–H and O–H groups in total. The van der Waals surface area contributed by atoms with Crippen molar-refractivity contribution < 1.29 is 14.3 Å². The van der Waals surface area contributed by atoms with Crippen LogP contribution in [-0.2, 0) is 4.79 Å². The number of hydrogen-bond acceptors (Lipinski definition) is 4. The summed E-state index contributed by atoms with van der Waals surface area (Å²) in [5.41, 5.74) is 2.48. The fourth-order valence-corrected chi connectivity index (χ4v) is 3.24. The van der Waals surface area contributed by atoms with Gasteiger partial charge in [0.05, 0.1) is 30.3 Å². The fraction of sp³-hybridized carbons (Fsp3) is 0.227. The van der Waals surface area contributed by atoms with Gasteiger partial charge in [-0.1, -0.05) is 23.7 Å². The van der Waals surface area contributed by atoms with Gasteiger partial charge < -0.3 is 15.0 Å². The second-order valence-corrected chi connectivity index (χ2v) is 7.07. The first-order valence-corrected chi connectivity index (χ1v) is 9.84. The molecule has 30 heavy (non-hydrogen) atoms. The summed E-state index contributed by atoms with van der Waals surface area (Å²) in [5.74, 6) is 0.0858. The van der Waals surface area contributed by atoms with Crippen LogP contribution in [0.2, 0.25) is 5.02 Å². The van der Waals surface area contributed by atoms with E-state index < -0.39 is 0 Å². The van der Waals surface area contributed by atoms with E-state index >= 15 is 0 Å². The molecular formula is C22H23ClN4O3. The zero-order valence-corrected chi connectivity index (χ0v) is 17.8. The predicted octanol–water partition coefficient (Wildman–Crippen LogP) is 3.94. The lowest BCUT2D eigenvalue weighted by Crippen LogP contribution is -2.38. The molecule has 1 aromatic heterocycles. The van der Waals surface area contributed by atoms with E-state index in [-0.39, 0.29) is 18.4 Å². The lowest BCUT2D eigenvalue weighted by Gasteiger charge is -2.20. The SMILES string of the molecule is CCN(CC(=O)Nc1cccc(OC)c1)C(=O)c1cnn(-c2cccc(Cl)c2)c1C. The minimum absolute atomic E-state index is 0.0751. The number of carbonyl (C=O) groups is 2. The first kappa shape index (κ1) is 21.4. The topological polar surface area (TPSA) is 76.5 Å². The molecule has 0 aliphatic rings. The molecule has 0 aliphatic carbocycles. The molecule has 1 heterocycles. The molecule has 0 unspecified atom stereocenters. The summed E-state index contributed by atoms with van der Waals surface area (Å²) in [7, 11) is 1.56. The van der Waals surface area contributed by atoms with Crippen molar-refractivity contribution in [1.29, 1.82) is 0 Å². The van der Waals surface area contributed by atoms with Gasteiger partial charge in [-0.25, -0.2) is 4.68 Å². The van der Waals surface area contributed by atoms with Crippen LogP contribution in [0.4, 0.5) is 5.69 Å². The second-order valence-electron chi connectivity index (χ2n) is 6.63. The van der Waals surface area contributed by atoms with Gasteiger partial charge in [0.15, 0.2) is 0 Å². The largest absolute Gasteiger partial charge is 0.497 e. The molecule has 8 heteroatoms. The summed E-state index contributed by atoms with van der Waals surface area (Å²) < 4.78 is 6.82. The van der Waals surface area contributed by atoms with E-state index in [1.165, 1.54) is 11.1 Å². The minimum atomic E-state index is -0.293. The first-order chi connectivity index (χ1) is 14.4. The number of likely N-dealkylation sites (N-methyl/N-ethyl adjacent to an activating group) is 1. The molecule has 156 valence electrons. The molecule has 3 rings (SSSR count). The molecular weight excluding hydrogens is 404 g/mol. The smallest absolute Gasteiger partial charge is 0.257 e. The highest BCUT2D eigenvalue weighted by molar-refractivity contribution is 6.30. The van der Waals surface area contributed by atoms with Crippen molar-refractivity contribution in [1.82, 2.24) is 14.7 Å². The van der Waals surface area contributed by atoms with Crippen LogP contribution < -0.4 is 10.1 Å². The molecule has 0 aliphatic heterocycles. The van der Waals surface area contributed by atoms with Crippen LogP contribution in [0.1, 0.15) is 23.0 Å². The van der Waals surface area contributed by atoms with Crippen molar-refractivity contribution in [2.75, 3.05) is 25.5 Å². The van der Waals surface area contributed by atoms with E-state index in [1.807, 2.05) is 26.0 Å². The number of rotatable bonds is 7. The Bertz CT molecular complexity index is 1060. The number of halogens is 1. The predicted molar refractivity (Wildman–Crippen MR) is 117 cm³/mol. The van der Waals surface area contributed by atoms with Gasteiger partial charge in [-0.3, -0.25) is 9.59 Å². The Labute approximate surface area is 180 Å². The van der Waals surface area contributed by atoms with Gasteiger partial charge in [0.1, 0.15) is 12.3 Å². The molecule has 0 radical (unpaired) electrons. The van der Waals surface area contributed by atoms with Crippen molar-refractivity contribution in [2.45, 2.75) is 13.8 Å². The third kappa shape index (κ3) is 4.80. The van der Waals surface area contributed by atoms with E-state index in [0.717, 1.165) is 5.69 Å². The summed E-state index contributed by atoms with van der Waals surface area (Å²) in [6, 6.07) is 14.3. The summed E-state index contributed by atoms with van der Waals surface area (Å²) >= 11 is 6.06. The number of anilines is 1. The fourth-order valence-electron chi connectivity index (χ4n) is 3.06. The molecule has 0 bridgehead atoms. The summed E-state index contributed by atoms with van der Waals surface area (Å²) in [6.07, 6.45) is 1.52. The van der Waals surface area contributed by atoms with Gasteiger partial charge >= 0.3 is 0 Å². The van der Waals surface area contributed by atoms with Crippen LogP contribution >= 0.6 is 11.6 Å². The van der Waals surface area contributed by atoms with E-state index in [0.29, 0.717) is 34.3 Å². The van der Waals surface area contributed by atoms with Crippen molar-refractivity contribution in [3.8, 4) is 11.4 Å². The van der Waals surface area contributed by atoms with E-state index in [1.54, 1.807) is 48.2 Å². The number of aromatic nitrogens is 2. The van der Waals surface area contributed by atoms with E-state index in [9.17, 15) is 9.59 Å². The Balaban J connectivity index is 1.74. The number of hydrogen-bond donors (Lipinski definition) is 1. The quantitative estimate of drug-likeness (QED) is 0.620. The molecule has 0 atom stereocenters. The van der Waals surface area contributed by atoms with Gasteiger partial charge in [-0.05, 0) is 44.2 Å². The average Bonchev–Trinajstić information content (AvgIpc) is 3.13. The lowest BCUT2D eigenvalue weighted by atomic mass is 10.2. The molecule has 0 spiro atoms. The van der Waals surface area contributed by atoms with Gasteiger partial charge in [-0.2, -0.15) is 5.10 Å². The van der Waals surface area contributed by atoms with Gasteiger partial charge in [0.25, 0.3) is 5.91 Å². The Morgan fingerprint density at radius 3 is 2.67 bits per heavy atom. The molecule has 0 saturated heterocycles. The molecule has 2 amide bonds. The van der Waals surface area contributed by atoms with Crippen LogP contribution in [0.3, 0.4) is 0 Å². The van der Waals surface area contributed by atoms with Crippen molar-refractivity contribution >= 4 is 29.1 Å². The zero-order chi connectivity index (χ0) is 21.7. The third-order valence-corrected chi connectivity index (χ3v) is 4.88. The van der Waals surface area contributed by atoms with E-state index in [2.05, 4.69) is 10.4 Å². The third-order valence-electron chi connectivity index (χ3n) is 4.65. The highest BCUT2D eigenvalue weighted by Crippen LogP contribution is 2.20. The maximum absolute atomic E-state index is 13.0. The molecule has 2 aromatic carbocycles. The number of carbonyl (C=O) groups excluding carboxylic acids is 2. The normalized spacial score (nSPS) is 10.5. The van der Waals surface area contributed by atoms with Crippen LogP contribution in [0.15, 0.2) is 54.7 Å². The van der Waals surface area contributed by atoms with Crippen LogP contribution in [0, 0.1) is 6.92 Å². The van der Waals surface area contributed by atoms with Crippen LogP contribution in [-0.4, -0.2) is 46.7 Å². The Morgan fingerprint density at radius 2 is 1.97 bits per heavy atom. The average molecular weight is 427 g/mol. The van der Waals surface area contributed by atoms with Gasteiger partial charge in [0.2, 0.25) is 5.91 Å². The molecule has 0 fully saturated rings. The highest BCUT2D eigenvalue weighted by atomic mass is 35.5. The number of methoxy groups -OCH3 is 1. The summed E-state index contributed by atoms with van der Waals surface area (Å²) in [5, 5.41) is 7.70. The van der Waals surface area contributed by atoms with Gasteiger partial charge in [0, 0.05) is 23.3 Å². The standard InChI is InChI=1S/C22H23ClN4O3/c1-4-26(14-21(28)25-17-8-6-10-19(12-17)30-3)22(29)20-13-24-27(15(20)2)18-9-5-7-16(23)11-18/h5-13H,4,14H2,1-3H3,(H,25,28). The molecule has 3 aromatic rings. The van der Waals surface area contributed by atoms with Crippen molar-refractivity contribution in [3.63, 3.8) is 0 Å². The molecule has 0 saturated carbocycles. The number of benzene rings is 2. The second kappa shape index (κ2) is 9.45. The van der Waals surface area contributed by atoms with Gasteiger partial charge in [-0.15, -0.1) is 0 Å². The Kier molecular flexibility index (Phi) is 6.74. The number of nitrogens with zero attached hydrogens (tertiary/aromatic N) is 3. The summed E-state index contributed by atoms with van der Waals surface area (Å²) in [6.45, 7) is 3.94. The van der Waals surface area contributed by atoms with Crippen LogP contribution in [0.5, 0.6) is 5.75 Å². The number of amides is 2. The van der Waals surface area contributed by atoms with Crippen LogP contribution in [0.25, 0.3) is 5.69 Å². The Morgan fingerprint density at radius 1 is 1.20 bits per heavy atom. The number of nitrogens with one attached hydrogen (secondary N) is 1. The highest BCUT2D eigenvalue weighted by Gasteiger charge is 2.22. The first-order valence-electron chi connectivity index (χ1n) is 9.46. The zero-order valence-electron chi connectivity index (χ0n) is 17.1. The van der Waals surface area contributed by atoms with Crippen molar-refractivity contribution in [2.24, 2.45) is 0 Å². The summed E-state index contributed by atoms with van der Waals surface area (Å²) in [4.78, 5) is 27.0. The monoisotopic (exact) mass is 426 g/mol. The maximum Gasteiger partial charge on any atom is 0.257 e. The molecule has 7 nitrogen and oxygen atoms in total. The van der Waals surface area contributed by atoms with Crippen molar-refractivity contribution in [3.05, 3.63) is 71.0 Å². The Hall–Kier alpha value is -3.32. The lowest BCUT2D eigenvalue weighted by molar-refractivity contribution is -0.116. The maximum atomic E-state index is 13.0.